The van der Waals surface area contributed by atoms with Crippen LogP contribution in [0.4, 0.5) is 11.4 Å². The SMILES string of the molecule is Cc1ccc(Nc2ccccc2C(=O)N2CCCCC2)c(C)c1. The maximum Gasteiger partial charge on any atom is 0.255 e. The minimum Gasteiger partial charge on any atom is -0.355 e. The third kappa shape index (κ3) is 3.55. The molecule has 1 amide bonds. The lowest BCUT2D eigenvalue weighted by atomic mass is 10.1. The molecule has 0 spiro atoms. The number of nitrogens with one attached hydrogen (secondary N) is 1. The van der Waals surface area contributed by atoms with Crippen LogP contribution in [-0.2, 0) is 0 Å². The molecule has 1 N–H and O–H groups in total. The van der Waals surface area contributed by atoms with Crippen LogP contribution >= 0.6 is 0 Å². The number of amides is 1. The molecule has 1 aliphatic rings. The van der Waals surface area contributed by atoms with E-state index in [1.54, 1.807) is 0 Å². The van der Waals surface area contributed by atoms with E-state index >= 15 is 0 Å². The highest BCUT2D eigenvalue weighted by Gasteiger charge is 2.20. The number of para-hydroxylation sites is 1. The molecule has 1 aliphatic heterocycles. The van der Waals surface area contributed by atoms with Crippen LogP contribution in [0.15, 0.2) is 42.5 Å². The fourth-order valence-electron chi connectivity index (χ4n) is 3.14. The summed E-state index contributed by atoms with van der Waals surface area (Å²) in [5, 5.41) is 3.44. The number of nitrogens with zero attached hydrogens (tertiary/aromatic N) is 1. The Morgan fingerprint density at radius 2 is 1.70 bits per heavy atom. The van der Waals surface area contributed by atoms with Crippen molar-refractivity contribution >= 4 is 17.3 Å². The summed E-state index contributed by atoms with van der Waals surface area (Å²) in [6.07, 6.45) is 3.45. The van der Waals surface area contributed by atoms with Gasteiger partial charge in [0.2, 0.25) is 0 Å². The maximum absolute atomic E-state index is 12.8. The van der Waals surface area contributed by atoms with Gasteiger partial charge in [-0.3, -0.25) is 4.79 Å². The molecule has 3 rings (SSSR count). The van der Waals surface area contributed by atoms with E-state index < -0.39 is 0 Å². The second-order valence-electron chi connectivity index (χ2n) is 6.34. The first-order chi connectivity index (χ1) is 11.1. The number of benzene rings is 2. The van der Waals surface area contributed by atoms with Crippen LogP contribution in [0.3, 0.4) is 0 Å². The van der Waals surface area contributed by atoms with Gasteiger partial charge >= 0.3 is 0 Å². The van der Waals surface area contributed by atoms with Crippen LogP contribution in [0.1, 0.15) is 40.7 Å². The van der Waals surface area contributed by atoms with Crippen LogP contribution < -0.4 is 5.32 Å². The van der Waals surface area contributed by atoms with E-state index in [9.17, 15) is 4.79 Å². The molecule has 1 saturated heterocycles. The van der Waals surface area contributed by atoms with Gasteiger partial charge in [0, 0.05) is 18.8 Å². The summed E-state index contributed by atoms with van der Waals surface area (Å²) in [5.41, 5.74) is 5.12. The standard InChI is InChI=1S/C20H24N2O/c1-15-10-11-18(16(2)14-15)21-19-9-5-4-8-17(19)20(23)22-12-6-3-7-13-22/h4-5,8-11,14,21H,3,6-7,12-13H2,1-2H3. The zero-order chi connectivity index (χ0) is 16.2. The first-order valence-corrected chi connectivity index (χ1v) is 8.38. The average Bonchev–Trinajstić information content (AvgIpc) is 2.58. The number of likely N-dealkylation sites (tertiary alicyclic amines) is 1. The highest BCUT2D eigenvalue weighted by molar-refractivity contribution is 6.00. The molecular weight excluding hydrogens is 284 g/mol. The summed E-state index contributed by atoms with van der Waals surface area (Å²) in [4.78, 5) is 14.8. The van der Waals surface area contributed by atoms with Crippen LogP contribution in [0.25, 0.3) is 0 Å². The van der Waals surface area contributed by atoms with Crippen molar-refractivity contribution in [1.29, 1.82) is 0 Å². The van der Waals surface area contributed by atoms with Crippen molar-refractivity contribution < 1.29 is 4.79 Å². The zero-order valence-electron chi connectivity index (χ0n) is 13.9. The van der Waals surface area contributed by atoms with Crippen molar-refractivity contribution in [2.24, 2.45) is 0 Å². The minimum atomic E-state index is 0.137. The Kier molecular flexibility index (Phi) is 4.65. The summed E-state index contributed by atoms with van der Waals surface area (Å²) < 4.78 is 0. The van der Waals surface area contributed by atoms with E-state index in [-0.39, 0.29) is 5.91 Å². The van der Waals surface area contributed by atoms with E-state index in [1.807, 2.05) is 29.2 Å². The van der Waals surface area contributed by atoms with Crippen molar-refractivity contribution in [1.82, 2.24) is 4.90 Å². The van der Waals surface area contributed by atoms with Gasteiger partial charge in [0.15, 0.2) is 0 Å². The molecule has 3 nitrogen and oxygen atoms in total. The molecule has 1 heterocycles. The molecule has 0 aliphatic carbocycles. The first-order valence-electron chi connectivity index (χ1n) is 8.38. The van der Waals surface area contributed by atoms with Crippen LogP contribution in [-0.4, -0.2) is 23.9 Å². The van der Waals surface area contributed by atoms with Gasteiger partial charge in [-0.2, -0.15) is 0 Å². The molecule has 0 bridgehead atoms. The molecule has 0 aromatic heterocycles. The number of carbonyl (C=O) groups excluding carboxylic acids is 1. The number of hydrogen-bond acceptors (Lipinski definition) is 2. The van der Waals surface area contributed by atoms with Crippen molar-refractivity contribution in [3.63, 3.8) is 0 Å². The lowest BCUT2D eigenvalue weighted by Crippen LogP contribution is -2.35. The number of hydrogen-bond donors (Lipinski definition) is 1. The lowest BCUT2D eigenvalue weighted by Gasteiger charge is -2.27. The highest BCUT2D eigenvalue weighted by Crippen LogP contribution is 2.26. The Bertz CT molecular complexity index is 703. The molecular formula is C20H24N2O. The third-order valence-corrected chi connectivity index (χ3v) is 4.45. The smallest absolute Gasteiger partial charge is 0.255 e. The normalized spacial score (nSPS) is 14.6. The summed E-state index contributed by atoms with van der Waals surface area (Å²) in [6, 6.07) is 14.1. The molecule has 3 heteroatoms. The van der Waals surface area contributed by atoms with Crippen LogP contribution in [0.5, 0.6) is 0 Å². The number of anilines is 2. The molecule has 120 valence electrons. The van der Waals surface area contributed by atoms with Gasteiger partial charge in [0.1, 0.15) is 0 Å². The van der Waals surface area contributed by atoms with E-state index in [2.05, 4.69) is 37.4 Å². The van der Waals surface area contributed by atoms with Gasteiger partial charge in [0.05, 0.1) is 11.3 Å². The fourth-order valence-corrected chi connectivity index (χ4v) is 3.14. The Morgan fingerprint density at radius 3 is 2.43 bits per heavy atom. The summed E-state index contributed by atoms with van der Waals surface area (Å²) >= 11 is 0. The molecule has 0 radical (unpaired) electrons. The van der Waals surface area contributed by atoms with E-state index in [0.29, 0.717) is 0 Å². The number of aryl methyl sites for hydroxylation is 2. The van der Waals surface area contributed by atoms with E-state index in [1.165, 1.54) is 17.5 Å². The summed E-state index contributed by atoms with van der Waals surface area (Å²) in [7, 11) is 0. The van der Waals surface area contributed by atoms with Gasteiger partial charge in [-0.1, -0.05) is 29.8 Å². The van der Waals surface area contributed by atoms with Crippen LogP contribution in [0.2, 0.25) is 0 Å². The topological polar surface area (TPSA) is 32.3 Å². The largest absolute Gasteiger partial charge is 0.355 e. The van der Waals surface area contributed by atoms with Gasteiger partial charge < -0.3 is 10.2 Å². The van der Waals surface area contributed by atoms with Crippen molar-refractivity contribution in [3.8, 4) is 0 Å². The molecule has 23 heavy (non-hydrogen) atoms. The summed E-state index contributed by atoms with van der Waals surface area (Å²) in [6.45, 7) is 5.92. The quantitative estimate of drug-likeness (QED) is 0.893. The van der Waals surface area contributed by atoms with Crippen molar-refractivity contribution in [3.05, 3.63) is 59.2 Å². The Morgan fingerprint density at radius 1 is 0.957 bits per heavy atom. The molecule has 1 fully saturated rings. The summed E-state index contributed by atoms with van der Waals surface area (Å²) in [5.74, 6) is 0.137. The van der Waals surface area contributed by atoms with E-state index in [0.717, 1.165) is 42.9 Å². The molecule has 0 unspecified atom stereocenters. The lowest BCUT2D eigenvalue weighted by molar-refractivity contribution is 0.0725. The van der Waals surface area contributed by atoms with Crippen LogP contribution in [0, 0.1) is 13.8 Å². The maximum atomic E-state index is 12.8. The van der Waals surface area contributed by atoms with Gasteiger partial charge in [-0.05, 0) is 56.9 Å². The second-order valence-corrected chi connectivity index (χ2v) is 6.34. The van der Waals surface area contributed by atoms with E-state index in [4.69, 9.17) is 0 Å². The Labute approximate surface area is 138 Å². The number of carbonyl (C=O) groups is 1. The first kappa shape index (κ1) is 15.6. The molecule has 0 saturated carbocycles. The van der Waals surface area contributed by atoms with Gasteiger partial charge in [-0.25, -0.2) is 0 Å². The monoisotopic (exact) mass is 308 g/mol. The highest BCUT2D eigenvalue weighted by atomic mass is 16.2. The predicted octanol–water partition coefficient (Wildman–Crippen LogP) is 4.67. The predicted molar refractivity (Wildman–Crippen MR) is 95.4 cm³/mol. The number of rotatable bonds is 3. The Hall–Kier alpha value is -2.29. The van der Waals surface area contributed by atoms with Crippen molar-refractivity contribution in [2.75, 3.05) is 18.4 Å². The fraction of sp³-hybridized carbons (Fsp3) is 0.350. The van der Waals surface area contributed by atoms with Gasteiger partial charge in [0.25, 0.3) is 5.91 Å². The molecule has 2 aromatic carbocycles. The average molecular weight is 308 g/mol. The zero-order valence-corrected chi connectivity index (χ0v) is 13.9. The van der Waals surface area contributed by atoms with Crippen molar-refractivity contribution in [2.45, 2.75) is 33.1 Å². The number of piperidine rings is 1. The van der Waals surface area contributed by atoms with Gasteiger partial charge in [-0.15, -0.1) is 0 Å². The minimum absolute atomic E-state index is 0.137. The molecule has 2 aromatic rings. The molecule has 0 atom stereocenters. The second kappa shape index (κ2) is 6.86. The Balaban J connectivity index is 1.86. The third-order valence-electron chi connectivity index (χ3n) is 4.45.